The first-order chi connectivity index (χ1) is 8.97. The van der Waals surface area contributed by atoms with Crippen molar-refractivity contribution in [2.45, 2.75) is 36.6 Å². The molecule has 2 saturated carbocycles. The Morgan fingerprint density at radius 2 is 1.79 bits per heavy atom. The maximum Gasteiger partial charge on any atom is 0.240 e. The average molecular weight is 345 g/mol. The maximum atomic E-state index is 12.4. The van der Waals surface area contributed by atoms with Crippen molar-refractivity contribution < 1.29 is 8.42 Å². The van der Waals surface area contributed by atoms with Crippen molar-refractivity contribution in [1.29, 1.82) is 0 Å². The molecule has 6 heteroatoms. The molecule has 4 nitrogen and oxygen atoms in total. The first-order valence-corrected chi connectivity index (χ1v) is 8.82. The van der Waals surface area contributed by atoms with Crippen LogP contribution in [-0.4, -0.2) is 14.5 Å². The van der Waals surface area contributed by atoms with Crippen LogP contribution < -0.4 is 10.5 Å². The van der Waals surface area contributed by atoms with Crippen molar-refractivity contribution >= 4 is 31.6 Å². The first-order valence-electron chi connectivity index (χ1n) is 6.55. The molecule has 1 aromatic carbocycles. The van der Waals surface area contributed by atoms with Gasteiger partial charge in [-0.2, -0.15) is 0 Å². The second-order valence-electron chi connectivity index (χ2n) is 5.51. The van der Waals surface area contributed by atoms with E-state index < -0.39 is 10.0 Å². The van der Waals surface area contributed by atoms with Crippen molar-refractivity contribution in [2.24, 2.45) is 11.8 Å². The van der Waals surface area contributed by atoms with E-state index in [2.05, 4.69) is 20.7 Å². The highest BCUT2D eigenvalue weighted by Crippen LogP contribution is 2.45. The van der Waals surface area contributed by atoms with Crippen LogP contribution >= 0.6 is 15.9 Å². The van der Waals surface area contributed by atoms with Crippen LogP contribution in [0.4, 0.5) is 5.69 Å². The van der Waals surface area contributed by atoms with Crippen molar-refractivity contribution in [3.05, 3.63) is 22.7 Å². The van der Waals surface area contributed by atoms with Gasteiger partial charge in [0.1, 0.15) is 0 Å². The van der Waals surface area contributed by atoms with Crippen LogP contribution in [-0.2, 0) is 10.0 Å². The number of halogens is 1. The molecule has 0 spiro atoms. The Balaban J connectivity index is 1.82. The third-order valence-electron chi connectivity index (χ3n) is 3.83. The lowest BCUT2D eigenvalue weighted by Crippen LogP contribution is -2.38. The Morgan fingerprint density at radius 1 is 1.21 bits per heavy atom. The largest absolute Gasteiger partial charge is 0.398 e. The monoisotopic (exact) mass is 344 g/mol. The van der Waals surface area contributed by atoms with Gasteiger partial charge < -0.3 is 5.73 Å². The SMILES string of the molecule is Nc1ccc(S(=O)(=O)NC(C2CC2)C2CC2)cc1Br. The summed E-state index contributed by atoms with van der Waals surface area (Å²) in [6, 6.07) is 4.86. The highest BCUT2D eigenvalue weighted by molar-refractivity contribution is 9.10. The van der Waals surface area contributed by atoms with Gasteiger partial charge in [0, 0.05) is 16.2 Å². The molecule has 0 unspecified atom stereocenters. The fourth-order valence-corrected chi connectivity index (χ4v) is 4.34. The molecule has 0 bridgehead atoms. The third kappa shape index (κ3) is 2.95. The summed E-state index contributed by atoms with van der Waals surface area (Å²) in [5, 5.41) is 0. The molecule has 0 aromatic heterocycles. The summed E-state index contributed by atoms with van der Waals surface area (Å²) in [6.07, 6.45) is 4.59. The summed E-state index contributed by atoms with van der Waals surface area (Å²) in [4.78, 5) is 0.278. The van der Waals surface area contributed by atoms with Gasteiger partial charge in [-0.15, -0.1) is 0 Å². The van der Waals surface area contributed by atoms with Gasteiger partial charge in [-0.3, -0.25) is 0 Å². The number of nitrogens with two attached hydrogens (primary N) is 1. The van der Waals surface area contributed by atoms with Crippen LogP contribution in [0.25, 0.3) is 0 Å². The third-order valence-corrected chi connectivity index (χ3v) is 5.98. The van der Waals surface area contributed by atoms with Crippen molar-refractivity contribution in [1.82, 2.24) is 4.72 Å². The van der Waals surface area contributed by atoms with E-state index in [0.29, 0.717) is 22.0 Å². The molecular formula is C13H17BrN2O2S. The summed E-state index contributed by atoms with van der Waals surface area (Å²) in [6.45, 7) is 0. The van der Waals surface area contributed by atoms with Crippen LogP contribution in [0.1, 0.15) is 25.7 Å². The maximum absolute atomic E-state index is 12.4. The van der Waals surface area contributed by atoms with Gasteiger partial charge in [0.15, 0.2) is 0 Å². The summed E-state index contributed by atoms with van der Waals surface area (Å²) in [5.41, 5.74) is 6.23. The molecule has 19 heavy (non-hydrogen) atoms. The molecular weight excluding hydrogens is 328 g/mol. The van der Waals surface area contributed by atoms with Crippen molar-refractivity contribution in [3.8, 4) is 0 Å². The summed E-state index contributed by atoms with van der Waals surface area (Å²) in [5.74, 6) is 1.08. The lowest BCUT2D eigenvalue weighted by Gasteiger charge is -2.18. The summed E-state index contributed by atoms with van der Waals surface area (Å²) in [7, 11) is -3.44. The standard InChI is InChI=1S/C13H17BrN2O2S/c14-11-7-10(5-6-12(11)15)19(17,18)16-13(8-1-2-8)9-3-4-9/h5-9,13,16H,1-4,15H2. The molecule has 104 valence electrons. The highest BCUT2D eigenvalue weighted by atomic mass is 79.9. The number of sulfonamides is 1. The van der Waals surface area contributed by atoms with Crippen LogP contribution in [0.5, 0.6) is 0 Å². The lowest BCUT2D eigenvalue weighted by molar-refractivity contribution is 0.471. The Bertz CT molecular complexity index is 583. The normalized spacial score (nSPS) is 19.9. The zero-order valence-corrected chi connectivity index (χ0v) is 12.9. The quantitative estimate of drug-likeness (QED) is 0.806. The van der Waals surface area contributed by atoms with Gasteiger partial charge in [-0.1, -0.05) is 0 Å². The number of nitrogens with one attached hydrogen (secondary N) is 1. The molecule has 0 heterocycles. The van der Waals surface area contributed by atoms with Gasteiger partial charge in [-0.25, -0.2) is 13.1 Å². The Labute approximate surface area is 121 Å². The molecule has 1 aromatic rings. The zero-order valence-electron chi connectivity index (χ0n) is 10.5. The number of hydrogen-bond acceptors (Lipinski definition) is 3. The van der Waals surface area contributed by atoms with E-state index in [0.717, 1.165) is 25.7 Å². The predicted molar refractivity (Wildman–Crippen MR) is 78.1 cm³/mol. The molecule has 2 fully saturated rings. The van der Waals surface area contributed by atoms with Gasteiger partial charge in [-0.05, 0) is 71.6 Å². The topological polar surface area (TPSA) is 72.2 Å². The van der Waals surface area contributed by atoms with E-state index in [1.54, 1.807) is 18.2 Å². The fraction of sp³-hybridized carbons (Fsp3) is 0.538. The van der Waals surface area contributed by atoms with Crippen molar-refractivity contribution in [2.75, 3.05) is 5.73 Å². The number of anilines is 1. The molecule has 0 radical (unpaired) electrons. The number of benzene rings is 1. The molecule has 0 saturated heterocycles. The fourth-order valence-electron chi connectivity index (χ4n) is 2.41. The molecule has 2 aliphatic rings. The van der Waals surface area contributed by atoms with E-state index in [4.69, 9.17) is 5.73 Å². The Morgan fingerprint density at radius 3 is 2.26 bits per heavy atom. The zero-order chi connectivity index (χ0) is 13.6. The Hall–Kier alpha value is -0.590. The van der Waals surface area contributed by atoms with Gasteiger partial charge in [0.05, 0.1) is 4.90 Å². The van der Waals surface area contributed by atoms with Gasteiger partial charge in [0.2, 0.25) is 10.0 Å². The number of hydrogen-bond donors (Lipinski definition) is 2. The minimum atomic E-state index is -3.44. The number of nitrogen functional groups attached to an aromatic ring is 1. The smallest absolute Gasteiger partial charge is 0.240 e. The molecule has 0 aliphatic heterocycles. The lowest BCUT2D eigenvalue weighted by atomic mass is 10.1. The van der Waals surface area contributed by atoms with Crippen LogP contribution in [0.2, 0.25) is 0 Å². The average Bonchev–Trinajstić information content (AvgIpc) is 3.23. The van der Waals surface area contributed by atoms with Crippen LogP contribution in [0.3, 0.4) is 0 Å². The Kier molecular flexibility index (Phi) is 3.35. The van der Waals surface area contributed by atoms with Gasteiger partial charge in [0.25, 0.3) is 0 Å². The predicted octanol–water partition coefficient (Wildman–Crippen LogP) is 2.50. The first kappa shape index (κ1) is 13.4. The second kappa shape index (κ2) is 4.75. The van der Waals surface area contributed by atoms with E-state index in [-0.39, 0.29) is 10.9 Å². The summed E-state index contributed by atoms with van der Waals surface area (Å²) < 4.78 is 28.3. The van der Waals surface area contributed by atoms with E-state index >= 15 is 0 Å². The molecule has 0 atom stereocenters. The minimum absolute atomic E-state index is 0.126. The van der Waals surface area contributed by atoms with Gasteiger partial charge >= 0.3 is 0 Å². The molecule has 2 aliphatic carbocycles. The van der Waals surface area contributed by atoms with E-state index in [1.807, 2.05) is 0 Å². The number of rotatable bonds is 5. The molecule has 0 amide bonds. The van der Waals surface area contributed by atoms with Crippen LogP contribution in [0.15, 0.2) is 27.6 Å². The second-order valence-corrected chi connectivity index (χ2v) is 8.07. The molecule has 3 rings (SSSR count). The molecule has 3 N–H and O–H groups in total. The summed E-state index contributed by atoms with van der Waals surface area (Å²) >= 11 is 3.27. The highest BCUT2D eigenvalue weighted by Gasteiger charge is 2.43. The van der Waals surface area contributed by atoms with E-state index in [1.165, 1.54) is 0 Å². The van der Waals surface area contributed by atoms with E-state index in [9.17, 15) is 8.42 Å². The van der Waals surface area contributed by atoms with Crippen LogP contribution in [0, 0.1) is 11.8 Å². The minimum Gasteiger partial charge on any atom is -0.398 e. The van der Waals surface area contributed by atoms with Crippen molar-refractivity contribution in [3.63, 3.8) is 0 Å².